The van der Waals surface area contributed by atoms with E-state index in [1.54, 1.807) is 14.2 Å². The van der Waals surface area contributed by atoms with Crippen LogP contribution in [-0.4, -0.2) is 62.0 Å². The van der Waals surface area contributed by atoms with Gasteiger partial charge >= 0.3 is 0 Å². The summed E-state index contributed by atoms with van der Waals surface area (Å²) in [5.41, 5.74) is 0.365. The number of methoxy groups -OCH3 is 2. The van der Waals surface area contributed by atoms with Crippen molar-refractivity contribution in [2.75, 3.05) is 27.8 Å². The second-order valence-electron chi connectivity index (χ2n) is 11.0. The maximum atomic E-state index is 6.79. The Kier molecular flexibility index (Phi) is 4.63. The van der Waals surface area contributed by atoms with E-state index in [9.17, 15) is 0 Å². The first-order valence-electron chi connectivity index (χ1n) is 12.2. The molecule has 3 saturated heterocycles. The van der Waals surface area contributed by atoms with E-state index in [4.69, 9.17) is 18.9 Å². The van der Waals surface area contributed by atoms with Crippen LogP contribution in [0.5, 0.6) is 0 Å². The molecule has 5 nitrogen and oxygen atoms in total. The average molecular weight is 406 g/mol. The zero-order chi connectivity index (χ0) is 19.8. The molecule has 6 fully saturated rings. The number of piperidine rings is 2. The van der Waals surface area contributed by atoms with Crippen LogP contribution < -0.4 is 0 Å². The van der Waals surface area contributed by atoms with Gasteiger partial charge in [0, 0.05) is 43.7 Å². The molecule has 11 atom stereocenters. The van der Waals surface area contributed by atoms with Crippen LogP contribution in [0, 0.1) is 29.6 Å². The molecule has 3 saturated carbocycles. The van der Waals surface area contributed by atoms with Crippen molar-refractivity contribution in [3.05, 3.63) is 0 Å². The molecule has 0 aromatic heterocycles. The van der Waals surface area contributed by atoms with Crippen molar-refractivity contribution < 1.29 is 18.9 Å². The predicted octanol–water partition coefficient (Wildman–Crippen LogP) is 3.81. The third-order valence-electron chi connectivity index (χ3n) is 10.4. The molecule has 0 N–H and O–H groups in total. The molecule has 0 aromatic rings. The van der Waals surface area contributed by atoms with Crippen LogP contribution in [0.3, 0.4) is 0 Å². The van der Waals surface area contributed by atoms with Crippen LogP contribution in [0.2, 0.25) is 0 Å². The fourth-order valence-corrected chi connectivity index (χ4v) is 10.0. The van der Waals surface area contributed by atoms with Crippen LogP contribution in [0.25, 0.3) is 0 Å². The van der Waals surface area contributed by atoms with Crippen LogP contribution in [0.4, 0.5) is 0 Å². The topological polar surface area (TPSA) is 40.2 Å². The lowest BCUT2D eigenvalue weighted by Gasteiger charge is -2.68. The standard InChI is InChI=1S/C24H39NO4/c1-15-8-9-19-20-10-16-12-23(19,29-14-27-3)22-11-21(28-13-26-2)17-6-4-5-7-18(17)24(16,22)25(15)20/h15-22H,4-14H2,1-3H3/t15-,16+,17-,18-,19-,20+,21-,22+,23-,24-/m1/s1. The summed E-state index contributed by atoms with van der Waals surface area (Å²) in [6.45, 7) is 3.38. The third kappa shape index (κ3) is 2.29. The van der Waals surface area contributed by atoms with Gasteiger partial charge in [0.15, 0.2) is 0 Å². The quantitative estimate of drug-likeness (QED) is 0.629. The molecule has 6 rings (SSSR count). The van der Waals surface area contributed by atoms with E-state index < -0.39 is 0 Å². The van der Waals surface area contributed by atoms with E-state index in [1.807, 2.05) is 0 Å². The van der Waals surface area contributed by atoms with Crippen LogP contribution in [0.1, 0.15) is 64.7 Å². The maximum Gasteiger partial charge on any atom is 0.147 e. The minimum atomic E-state index is 0.0112. The lowest BCUT2D eigenvalue weighted by atomic mass is 9.51. The van der Waals surface area contributed by atoms with Crippen molar-refractivity contribution in [1.29, 1.82) is 0 Å². The molecule has 5 bridgehead atoms. The minimum Gasteiger partial charge on any atom is -0.359 e. The summed E-state index contributed by atoms with van der Waals surface area (Å²) >= 11 is 0. The normalized spacial score (nSPS) is 57.0. The van der Waals surface area contributed by atoms with Gasteiger partial charge in [0.1, 0.15) is 13.6 Å². The second kappa shape index (κ2) is 6.90. The van der Waals surface area contributed by atoms with Crippen molar-refractivity contribution in [3.8, 4) is 0 Å². The highest BCUT2D eigenvalue weighted by molar-refractivity contribution is 5.34. The Bertz CT molecular complexity index is 644. The third-order valence-corrected chi connectivity index (χ3v) is 10.4. The first-order chi connectivity index (χ1) is 14.2. The van der Waals surface area contributed by atoms with E-state index in [1.165, 1.54) is 51.4 Å². The first kappa shape index (κ1) is 19.5. The summed E-state index contributed by atoms with van der Waals surface area (Å²) < 4.78 is 24.0. The van der Waals surface area contributed by atoms with Crippen molar-refractivity contribution >= 4 is 0 Å². The Morgan fingerprint density at radius 2 is 1.76 bits per heavy atom. The lowest BCUT2D eigenvalue weighted by molar-refractivity contribution is -0.274. The van der Waals surface area contributed by atoms with Gasteiger partial charge in [-0.1, -0.05) is 12.8 Å². The van der Waals surface area contributed by atoms with Crippen molar-refractivity contribution in [2.45, 2.75) is 94.0 Å². The summed E-state index contributed by atoms with van der Waals surface area (Å²) in [4.78, 5) is 3.09. The minimum absolute atomic E-state index is 0.0112. The summed E-state index contributed by atoms with van der Waals surface area (Å²) in [6.07, 6.45) is 12.3. The van der Waals surface area contributed by atoms with Gasteiger partial charge in [-0.25, -0.2) is 0 Å². The summed E-state index contributed by atoms with van der Waals surface area (Å²) in [7, 11) is 3.53. The van der Waals surface area contributed by atoms with E-state index in [0.29, 0.717) is 43.0 Å². The van der Waals surface area contributed by atoms with Crippen molar-refractivity contribution in [1.82, 2.24) is 4.90 Å². The fourth-order valence-electron chi connectivity index (χ4n) is 10.0. The summed E-state index contributed by atoms with van der Waals surface area (Å²) in [5.74, 6) is 3.53. The molecule has 6 aliphatic rings. The van der Waals surface area contributed by atoms with Gasteiger partial charge in [0.05, 0.1) is 11.7 Å². The Hall–Kier alpha value is -0.200. The zero-order valence-corrected chi connectivity index (χ0v) is 18.5. The van der Waals surface area contributed by atoms with Gasteiger partial charge < -0.3 is 18.9 Å². The molecule has 164 valence electrons. The first-order valence-corrected chi connectivity index (χ1v) is 12.2. The zero-order valence-electron chi connectivity index (χ0n) is 18.5. The van der Waals surface area contributed by atoms with Crippen LogP contribution >= 0.6 is 0 Å². The molecule has 29 heavy (non-hydrogen) atoms. The molecule has 5 heteroatoms. The molecule has 1 spiro atoms. The van der Waals surface area contributed by atoms with Crippen molar-refractivity contribution in [2.24, 2.45) is 29.6 Å². The average Bonchev–Trinajstić information content (AvgIpc) is 3.15. The Balaban J connectivity index is 1.47. The summed E-state index contributed by atoms with van der Waals surface area (Å²) in [6, 6.07) is 1.46. The monoisotopic (exact) mass is 405 g/mol. The van der Waals surface area contributed by atoms with E-state index in [-0.39, 0.29) is 5.60 Å². The Morgan fingerprint density at radius 3 is 2.59 bits per heavy atom. The maximum absolute atomic E-state index is 6.79. The van der Waals surface area contributed by atoms with Gasteiger partial charge in [-0.15, -0.1) is 0 Å². The Labute approximate surface area is 175 Å². The van der Waals surface area contributed by atoms with Crippen molar-refractivity contribution in [3.63, 3.8) is 0 Å². The highest BCUT2D eigenvalue weighted by atomic mass is 16.7. The molecule has 3 aliphatic carbocycles. The van der Waals surface area contributed by atoms with E-state index in [0.717, 1.165) is 30.3 Å². The van der Waals surface area contributed by atoms with Gasteiger partial charge in [0.25, 0.3) is 0 Å². The predicted molar refractivity (Wildman–Crippen MR) is 109 cm³/mol. The van der Waals surface area contributed by atoms with Crippen LogP contribution in [-0.2, 0) is 18.9 Å². The molecule has 3 aliphatic heterocycles. The number of nitrogens with zero attached hydrogens (tertiary/aromatic N) is 1. The summed E-state index contributed by atoms with van der Waals surface area (Å²) in [5, 5.41) is 0. The highest BCUT2D eigenvalue weighted by Crippen LogP contribution is 2.76. The van der Waals surface area contributed by atoms with E-state index >= 15 is 0 Å². The van der Waals surface area contributed by atoms with Gasteiger partial charge in [-0.3, -0.25) is 4.90 Å². The van der Waals surface area contributed by atoms with Gasteiger partial charge in [-0.05, 0) is 69.6 Å². The number of fused-ring (bicyclic) bond motifs is 2. The Morgan fingerprint density at radius 1 is 0.931 bits per heavy atom. The number of hydrogen-bond donors (Lipinski definition) is 0. The van der Waals surface area contributed by atoms with Crippen LogP contribution in [0.15, 0.2) is 0 Å². The number of ether oxygens (including phenoxy) is 4. The number of hydrogen-bond acceptors (Lipinski definition) is 5. The van der Waals surface area contributed by atoms with Gasteiger partial charge in [-0.2, -0.15) is 0 Å². The van der Waals surface area contributed by atoms with Gasteiger partial charge in [0.2, 0.25) is 0 Å². The molecule has 0 radical (unpaired) electrons. The molecule has 0 amide bonds. The fraction of sp³-hybridized carbons (Fsp3) is 1.00. The molecule has 3 heterocycles. The largest absolute Gasteiger partial charge is 0.359 e. The molecule has 0 aromatic carbocycles. The smallest absolute Gasteiger partial charge is 0.147 e. The number of rotatable bonds is 6. The highest BCUT2D eigenvalue weighted by Gasteiger charge is 2.81. The lowest BCUT2D eigenvalue weighted by Crippen LogP contribution is -2.75. The SMILES string of the molecule is COCO[C@@H]1C[C@H]2[C@@]3(OCOC)C[C@@H]4C[C@H]5[C@H]3CC[C@@H](C)N5[C@@]42[C@@H]2CCCC[C@H]21. The molecular formula is C24H39NO4. The molecular weight excluding hydrogens is 366 g/mol. The second-order valence-corrected chi connectivity index (χ2v) is 11.0. The van der Waals surface area contributed by atoms with E-state index in [2.05, 4.69) is 11.8 Å². The molecule has 1 unspecified atom stereocenters.